The minimum absolute atomic E-state index is 0.335. The van der Waals surface area contributed by atoms with Gasteiger partial charge in [0, 0.05) is 17.6 Å². The number of benzene rings is 1. The summed E-state index contributed by atoms with van der Waals surface area (Å²) in [5.74, 6) is 0. The first-order chi connectivity index (χ1) is 7.18. The van der Waals surface area contributed by atoms with E-state index in [-0.39, 0.29) is 5.62 Å². The molecule has 15 heavy (non-hydrogen) atoms. The van der Waals surface area contributed by atoms with Crippen molar-refractivity contribution < 1.29 is 0 Å². The molecule has 1 aromatic carbocycles. The van der Waals surface area contributed by atoms with Gasteiger partial charge in [0.05, 0.1) is 0 Å². The molecule has 2 nitrogen and oxygen atoms in total. The van der Waals surface area contributed by atoms with Gasteiger partial charge in [-0.1, -0.05) is 29.3 Å². The molecule has 0 fully saturated rings. The zero-order valence-corrected chi connectivity index (χ0v) is 9.57. The lowest BCUT2D eigenvalue weighted by molar-refractivity contribution is 0.849. The summed E-state index contributed by atoms with van der Waals surface area (Å²) in [6, 6.07) is 8.26. The summed E-state index contributed by atoms with van der Waals surface area (Å²) in [6.07, 6.45) is 3.70. The van der Waals surface area contributed by atoms with Crippen LogP contribution in [0.3, 0.4) is 0 Å². The number of nitrogens with zero attached hydrogens (tertiary/aromatic N) is 2. The van der Waals surface area contributed by atoms with Crippen LogP contribution in [-0.4, -0.2) is 11.8 Å². The second kappa shape index (κ2) is 4.07. The van der Waals surface area contributed by atoms with Crippen molar-refractivity contribution in [1.82, 2.24) is 0 Å². The first-order valence-electron chi connectivity index (χ1n) is 4.88. The lowest BCUT2D eigenvalue weighted by atomic mass is 10.2. The van der Waals surface area contributed by atoms with Gasteiger partial charge in [0.2, 0.25) is 5.62 Å². The summed E-state index contributed by atoms with van der Waals surface area (Å²) in [7, 11) is 0. The van der Waals surface area contributed by atoms with Crippen LogP contribution in [0.15, 0.2) is 41.0 Å². The molecule has 3 heteroatoms. The van der Waals surface area contributed by atoms with E-state index in [1.54, 1.807) is 6.21 Å². The molecule has 1 atom stereocenters. The standard InChI is InChI=1S/C12H13ClN2/c1-9-3-5-11(6-4-9)15-10(2)7-8-14-12(15)13/h3-8,12H,1-2H3. The molecule has 0 spiro atoms. The number of allylic oxidation sites excluding steroid dienone is 2. The minimum Gasteiger partial charge on any atom is -0.310 e. The lowest BCUT2D eigenvalue weighted by Gasteiger charge is -2.29. The number of hydrogen-bond donors (Lipinski definition) is 0. The fourth-order valence-electron chi connectivity index (χ4n) is 1.57. The number of halogens is 1. The molecule has 0 aliphatic carbocycles. The highest BCUT2D eigenvalue weighted by Crippen LogP contribution is 2.26. The van der Waals surface area contributed by atoms with Gasteiger partial charge in [-0.3, -0.25) is 4.99 Å². The first kappa shape index (κ1) is 10.2. The summed E-state index contributed by atoms with van der Waals surface area (Å²) < 4.78 is 0. The van der Waals surface area contributed by atoms with Crippen LogP contribution < -0.4 is 4.90 Å². The number of aliphatic imine (C=N–C) groups is 1. The largest absolute Gasteiger partial charge is 0.310 e. The van der Waals surface area contributed by atoms with Crippen molar-refractivity contribution >= 4 is 23.5 Å². The molecule has 2 rings (SSSR count). The highest BCUT2D eigenvalue weighted by molar-refractivity contribution is 6.22. The van der Waals surface area contributed by atoms with Crippen LogP contribution in [0.2, 0.25) is 0 Å². The van der Waals surface area contributed by atoms with Gasteiger partial charge in [-0.05, 0) is 32.1 Å². The summed E-state index contributed by atoms with van der Waals surface area (Å²) >= 11 is 6.14. The Kier molecular flexibility index (Phi) is 2.78. The van der Waals surface area contributed by atoms with Crippen molar-refractivity contribution in [3.8, 4) is 0 Å². The Morgan fingerprint density at radius 1 is 1.20 bits per heavy atom. The van der Waals surface area contributed by atoms with Crippen LogP contribution in [0.25, 0.3) is 0 Å². The van der Waals surface area contributed by atoms with Crippen molar-refractivity contribution in [2.75, 3.05) is 4.90 Å². The average molecular weight is 221 g/mol. The third-order valence-corrected chi connectivity index (χ3v) is 2.74. The summed E-state index contributed by atoms with van der Waals surface area (Å²) in [4.78, 5) is 6.15. The lowest BCUT2D eigenvalue weighted by Crippen LogP contribution is -2.30. The Morgan fingerprint density at radius 2 is 1.87 bits per heavy atom. The number of anilines is 1. The van der Waals surface area contributed by atoms with Crippen LogP contribution >= 0.6 is 11.6 Å². The minimum atomic E-state index is -0.335. The molecule has 0 bridgehead atoms. The van der Waals surface area contributed by atoms with Crippen LogP contribution in [0.1, 0.15) is 12.5 Å². The monoisotopic (exact) mass is 220 g/mol. The molecule has 1 aromatic rings. The molecule has 0 aromatic heterocycles. The van der Waals surface area contributed by atoms with Gasteiger partial charge >= 0.3 is 0 Å². The van der Waals surface area contributed by atoms with E-state index in [4.69, 9.17) is 11.6 Å². The summed E-state index contributed by atoms with van der Waals surface area (Å²) in [6.45, 7) is 4.10. The molecular weight excluding hydrogens is 208 g/mol. The molecular formula is C12H13ClN2. The molecule has 0 saturated heterocycles. The predicted octanol–water partition coefficient (Wildman–Crippen LogP) is 3.31. The number of aryl methyl sites for hydroxylation is 1. The molecule has 0 N–H and O–H groups in total. The van der Waals surface area contributed by atoms with E-state index in [1.165, 1.54) is 5.56 Å². The fraction of sp³-hybridized carbons (Fsp3) is 0.250. The van der Waals surface area contributed by atoms with Gasteiger partial charge in [0.25, 0.3) is 0 Å². The quantitative estimate of drug-likeness (QED) is 0.524. The Balaban J connectivity index is 2.34. The van der Waals surface area contributed by atoms with Gasteiger partial charge in [-0.25, -0.2) is 0 Å². The highest BCUT2D eigenvalue weighted by Gasteiger charge is 2.18. The molecule has 0 saturated carbocycles. The topological polar surface area (TPSA) is 15.6 Å². The molecule has 1 aliphatic heterocycles. The molecule has 1 heterocycles. The maximum absolute atomic E-state index is 6.14. The van der Waals surface area contributed by atoms with Gasteiger partial charge in [0.1, 0.15) is 0 Å². The SMILES string of the molecule is CC1=CC=NC(Cl)N1c1ccc(C)cc1. The van der Waals surface area contributed by atoms with Crippen molar-refractivity contribution in [2.45, 2.75) is 19.5 Å². The molecule has 0 amide bonds. The van der Waals surface area contributed by atoms with Gasteiger partial charge in [-0.2, -0.15) is 0 Å². The second-order valence-electron chi connectivity index (χ2n) is 3.62. The highest BCUT2D eigenvalue weighted by atomic mass is 35.5. The molecule has 1 unspecified atom stereocenters. The predicted molar refractivity (Wildman–Crippen MR) is 65.5 cm³/mol. The summed E-state index contributed by atoms with van der Waals surface area (Å²) in [5, 5.41) is 0. The Morgan fingerprint density at radius 3 is 2.47 bits per heavy atom. The first-order valence-corrected chi connectivity index (χ1v) is 5.32. The normalized spacial score (nSPS) is 20.3. The second-order valence-corrected chi connectivity index (χ2v) is 4.01. The van der Waals surface area contributed by atoms with Crippen LogP contribution in [0.5, 0.6) is 0 Å². The number of rotatable bonds is 1. The van der Waals surface area contributed by atoms with Crippen LogP contribution in [0.4, 0.5) is 5.69 Å². The zero-order valence-electron chi connectivity index (χ0n) is 8.81. The third kappa shape index (κ3) is 2.05. The molecule has 78 valence electrons. The van der Waals surface area contributed by atoms with E-state index in [9.17, 15) is 0 Å². The average Bonchev–Trinajstić information content (AvgIpc) is 2.20. The van der Waals surface area contributed by atoms with E-state index in [2.05, 4.69) is 36.2 Å². The van der Waals surface area contributed by atoms with Crippen LogP contribution in [0, 0.1) is 6.92 Å². The molecule has 0 radical (unpaired) electrons. The van der Waals surface area contributed by atoms with E-state index < -0.39 is 0 Å². The Labute approximate surface area is 94.9 Å². The van der Waals surface area contributed by atoms with Gasteiger partial charge in [0.15, 0.2) is 0 Å². The van der Waals surface area contributed by atoms with Crippen molar-refractivity contribution in [1.29, 1.82) is 0 Å². The van der Waals surface area contributed by atoms with Crippen molar-refractivity contribution in [2.24, 2.45) is 4.99 Å². The van der Waals surface area contributed by atoms with E-state index in [0.29, 0.717) is 0 Å². The Bertz CT molecular complexity index is 406. The Hall–Kier alpha value is -1.28. The maximum Gasteiger partial charge on any atom is 0.201 e. The van der Waals surface area contributed by atoms with E-state index in [1.807, 2.05) is 17.9 Å². The van der Waals surface area contributed by atoms with E-state index >= 15 is 0 Å². The van der Waals surface area contributed by atoms with Crippen molar-refractivity contribution in [3.05, 3.63) is 41.6 Å². The van der Waals surface area contributed by atoms with Crippen molar-refractivity contribution in [3.63, 3.8) is 0 Å². The summed E-state index contributed by atoms with van der Waals surface area (Å²) in [5.41, 5.74) is 3.09. The van der Waals surface area contributed by atoms with Gasteiger partial charge < -0.3 is 4.90 Å². The zero-order chi connectivity index (χ0) is 10.8. The smallest absolute Gasteiger partial charge is 0.201 e. The molecule has 1 aliphatic rings. The van der Waals surface area contributed by atoms with Gasteiger partial charge in [-0.15, -0.1) is 0 Å². The fourth-order valence-corrected chi connectivity index (χ4v) is 1.90. The maximum atomic E-state index is 6.14. The van der Waals surface area contributed by atoms with Crippen LogP contribution in [-0.2, 0) is 0 Å². The number of hydrogen-bond acceptors (Lipinski definition) is 2. The van der Waals surface area contributed by atoms with E-state index in [0.717, 1.165) is 11.4 Å². The number of alkyl halides is 1. The third-order valence-electron chi connectivity index (χ3n) is 2.43.